The van der Waals surface area contributed by atoms with Crippen LogP contribution in [0.15, 0.2) is 106 Å². The van der Waals surface area contributed by atoms with Crippen molar-refractivity contribution in [2.24, 2.45) is 0 Å². The fourth-order valence-corrected chi connectivity index (χ4v) is 3.79. The Balaban J connectivity index is 1.66. The molecule has 2 unspecified atom stereocenters. The number of carbonyl (C=O) groups is 1. The second-order valence-electron chi connectivity index (χ2n) is 7.99. The van der Waals surface area contributed by atoms with Crippen LogP contribution in [-0.4, -0.2) is 16.2 Å². The van der Waals surface area contributed by atoms with Gasteiger partial charge >= 0.3 is 11.6 Å². The first-order valence-electron chi connectivity index (χ1n) is 11.1. The average Bonchev–Trinajstić information content (AvgIpc) is 2.87. The van der Waals surface area contributed by atoms with Crippen molar-refractivity contribution in [1.82, 2.24) is 5.32 Å². The lowest BCUT2D eigenvalue weighted by atomic mass is 9.98. The number of hydrogen-bond donors (Lipinski definition) is 3. The van der Waals surface area contributed by atoms with Gasteiger partial charge in [-0.3, -0.25) is 0 Å². The maximum absolute atomic E-state index is 13.1. The van der Waals surface area contributed by atoms with Crippen molar-refractivity contribution in [3.8, 4) is 11.5 Å². The van der Waals surface area contributed by atoms with Gasteiger partial charge in [0.2, 0.25) is 0 Å². The van der Waals surface area contributed by atoms with Crippen LogP contribution in [0.3, 0.4) is 0 Å². The van der Waals surface area contributed by atoms with Crippen molar-refractivity contribution in [2.45, 2.75) is 25.1 Å². The minimum absolute atomic E-state index is 0.0254. The van der Waals surface area contributed by atoms with Gasteiger partial charge in [-0.2, -0.15) is 0 Å². The summed E-state index contributed by atoms with van der Waals surface area (Å²) in [5, 5.41) is 23.9. The van der Waals surface area contributed by atoms with E-state index in [2.05, 4.69) is 5.32 Å². The number of rotatable bonds is 10. The topological polar surface area (TPSA) is 109 Å². The summed E-state index contributed by atoms with van der Waals surface area (Å²) in [5.74, 6) is -1.72. The van der Waals surface area contributed by atoms with Gasteiger partial charge in [0.25, 0.3) is 6.10 Å². The fraction of sp³-hybridized carbons (Fsp3) is 0.143. The molecular formula is C28H25NO6. The number of aliphatic carboxylic acids is 1. The van der Waals surface area contributed by atoms with Gasteiger partial charge in [-0.05, 0) is 29.7 Å². The number of para-hydroxylation sites is 1. The molecule has 0 aliphatic carbocycles. The van der Waals surface area contributed by atoms with E-state index in [0.717, 1.165) is 17.2 Å². The Bertz CT molecular complexity index is 1310. The third-order valence-electron chi connectivity index (χ3n) is 5.49. The van der Waals surface area contributed by atoms with E-state index in [1.54, 1.807) is 30.3 Å². The molecule has 7 nitrogen and oxygen atoms in total. The van der Waals surface area contributed by atoms with Crippen molar-refractivity contribution < 1.29 is 24.2 Å². The summed E-state index contributed by atoms with van der Waals surface area (Å²) < 4.78 is 10.9. The Hall–Kier alpha value is -4.36. The Morgan fingerprint density at radius 3 is 2.03 bits per heavy atom. The number of nitrogens with one attached hydrogen (secondary N) is 1. The number of carboxylic acid groups (broad SMARTS) is 1. The van der Waals surface area contributed by atoms with E-state index >= 15 is 0 Å². The van der Waals surface area contributed by atoms with Gasteiger partial charge < -0.3 is 24.7 Å². The zero-order valence-corrected chi connectivity index (χ0v) is 18.8. The molecule has 4 aromatic rings. The van der Waals surface area contributed by atoms with Crippen LogP contribution in [0.4, 0.5) is 0 Å². The van der Waals surface area contributed by atoms with Gasteiger partial charge in [0, 0.05) is 18.7 Å². The minimum Gasteiger partial charge on any atom is -0.507 e. The Morgan fingerprint density at radius 2 is 1.46 bits per heavy atom. The summed E-state index contributed by atoms with van der Waals surface area (Å²) in [4.78, 5) is 24.9. The fourth-order valence-electron chi connectivity index (χ4n) is 3.79. The van der Waals surface area contributed by atoms with Crippen LogP contribution in [0.5, 0.6) is 11.5 Å². The van der Waals surface area contributed by atoms with Crippen molar-refractivity contribution in [3.63, 3.8) is 0 Å². The highest BCUT2D eigenvalue weighted by atomic mass is 16.5. The number of aromatic hydroxyl groups is 1. The Morgan fingerprint density at radius 1 is 0.886 bits per heavy atom. The first-order chi connectivity index (χ1) is 17.0. The monoisotopic (exact) mass is 471 g/mol. The van der Waals surface area contributed by atoms with Crippen LogP contribution < -0.4 is 15.7 Å². The zero-order chi connectivity index (χ0) is 24.6. The quantitative estimate of drug-likeness (QED) is 0.310. The molecule has 0 bridgehead atoms. The maximum atomic E-state index is 13.1. The minimum atomic E-state index is -1.60. The van der Waals surface area contributed by atoms with Crippen molar-refractivity contribution >= 4 is 5.97 Å². The molecule has 2 atom stereocenters. The van der Waals surface area contributed by atoms with E-state index in [1.807, 2.05) is 60.7 Å². The van der Waals surface area contributed by atoms with Crippen molar-refractivity contribution in [3.05, 3.63) is 130 Å². The number of ether oxygens (including phenoxy) is 1. The predicted octanol–water partition coefficient (Wildman–Crippen LogP) is 4.62. The second kappa shape index (κ2) is 11.2. The highest BCUT2D eigenvalue weighted by molar-refractivity contribution is 5.74. The lowest BCUT2D eigenvalue weighted by Gasteiger charge is -2.21. The number of hydrogen-bond acceptors (Lipinski definition) is 6. The molecule has 0 aliphatic heterocycles. The summed E-state index contributed by atoms with van der Waals surface area (Å²) in [7, 11) is 0. The summed E-state index contributed by atoms with van der Waals surface area (Å²) in [6, 6.07) is 28.1. The molecule has 0 fully saturated rings. The van der Waals surface area contributed by atoms with E-state index in [1.165, 1.54) is 0 Å². The molecule has 1 aromatic heterocycles. The first kappa shape index (κ1) is 23.8. The summed E-state index contributed by atoms with van der Waals surface area (Å²) in [5.41, 5.74) is 1.16. The normalized spacial score (nSPS) is 12.6. The molecule has 0 spiro atoms. The van der Waals surface area contributed by atoms with Crippen LogP contribution in [-0.2, 0) is 17.8 Å². The standard InChI is InChI=1S/C28H25NO6/c30-23-17-24(26(27(31)32)34-21-14-8-3-9-15-21)35-28(33)25(23)22(16-19-10-4-1-5-11-19)29-18-20-12-6-2-7-13-20/h1-15,17,22,26,29-30H,16,18H2,(H,31,32). The molecule has 7 heteroatoms. The molecule has 0 saturated carbocycles. The highest BCUT2D eigenvalue weighted by Gasteiger charge is 2.29. The Kier molecular flexibility index (Phi) is 7.60. The van der Waals surface area contributed by atoms with Crippen LogP contribution in [0.2, 0.25) is 0 Å². The predicted molar refractivity (Wildman–Crippen MR) is 130 cm³/mol. The molecule has 0 saturated heterocycles. The first-order valence-corrected chi connectivity index (χ1v) is 11.1. The van der Waals surface area contributed by atoms with Gasteiger partial charge in [0.05, 0.1) is 5.56 Å². The third kappa shape index (κ3) is 6.16. The molecule has 0 radical (unpaired) electrons. The summed E-state index contributed by atoms with van der Waals surface area (Å²) in [6.07, 6.45) is -1.19. The van der Waals surface area contributed by atoms with Crippen LogP contribution in [0.25, 0.3) is 0 Å². The van der Waals surface area contributed by atoms with E-state index < -0.39 is 23.7 Å². The van der Waals surface area contributed by atoms with Crippen molar-refractivity contribution in [2.75, 3.05) is 0 Å². The van der Waals surface area contributed by atoms with E-state index in [4.69, 9.17) is 9.15 Å². The number of benzene rings is 3. The van der Waals surface area contributed by atoms with Crippen molar-refractivity contribution in [1.29, 1.82) is 0 Å². The Labute approximate surface area is 202 Å². The zero-order valence-electron chi connectivity index (χ0n) is 18.8. The smallest absolute Gasteiger partial charge is 0.353 e. The van der Waals surface area contributed by atoms with E-state index in [-0.39, 0.29) is 22.8 Å². The lowest BCUT2D eigenvalue weighted by molar-refractivity contribution is -0.146. The lowest BCUT2D eigenvalue weighted by Crippen LogP contribution is -2.29. The molecule has 0 aliphatic rings. The van der Waals surface area contributed by atoms with Crippen LogP contribution >= 0.6 is 0 Å². The summed E-state index contributed by atoms with van der Waals surface area (Å²) in [6.45, 7) is 0.452. The van der Waals surface area contributed by atoms with E-state index in [0.29, 0.717) is 13.0 Å². The molecule has 3 N–H and O–H groups in total. The third-order valence-corrected chi connectivity index (χ3v) is 5.49. The molecule has 35 heavy (non-hydrogen) atoms. The molecule has 178 valence electrons. The largest absolute Gasteiger partial charge is 0.507 e. The number of carboxylic acids is 1. The SMILES string of the molecule is O=C(O)C(Oc1ccccc1)c1cc(O)c(C(Cc2ccccc2)NCc2ccccc2)c(=O)o1. The van der Waals surface area contributed by atoms with Gasteiger partial charge in [0.1, 0.15) is 11.5 Å². The molecular weight excluding hydrogens is 446 g/mol. The van der Waals surface area contributed by atoms with Gasteiger partial charge in [-0.1, -0.05) is 78.9 Å². The highest BCUT2D eigenvalue weighted by Crippen LogP contribution is 2.29. The molecule has 4 rings (SSSR count). The van der Waals surface area contributed by atoms with Crippen LogP contribution in [0, 0.1) is 0 Å². The van der Waals surface area contributed by atoms with Crippen LogP contribution in [0.1, 0.15) is 34.6 Å². The molecule has 1 heterocycles. The van der Waals surface area contributed by atoms with Gasteiger partial charge in [-0.15, -0.1) is 0 Å². The second-order valence-corrected chi connectivity index (χ2v) is 7.99. The van der Waals surface area contributed by atoms with Gasteiger partial charge in [0.15, 0.2) is 5.76 Å². The average molecular weight is 472 g/mol. The van der Waals surface area contributed by atoms with Gasteiger partial charge in [-0.25, -0.2) is 9.59 Å². The summed E-state index contributed by atoms with van der Waals surface area (Å²) >= 11 is 0. The maximum Gasteiger partial charge on any atom is 0.353 e. The molecule has 3 aromatic carbocycles. The van der Waals surface area contributed by atoms with E-state index in [9.17, 15) is 19.8 Å². The molecule has 0 amide bonds.